The van der Waals surface area contributed by atoms with Crippen LogP contribution in [0.5, 0.6) is 23.0 Å². The van der Waals surface area contributed by atoms with E-state index in [1.807, 2.05) is 12.1 Å². The number of fused-ring (bicyclic) bond motifs is 3. The third kappa shape index (κ3) is 2.24. The Morgan fingerprint density at radius 3 is 2.33 bits per heavy atom. The van der Waals surface area contributed by atoms with Crippen LogP contribution < -0.4 is 18.9 Å². The molecule has 0 bridgehead atoms. The highest BCUT2D eigenvalue weighted by atomic mass is 79.9. The van der Waals surface area contributed by atoms with Crippen LogP contribution in [0, 0.1) is 0 Å². The molecule has 0 N–H and O–H groups in total. The molecule has 0 atom stereocenters. The fourth-order valence-electron chi connectivity index (χ4n) is 3.28. The highest BCUT2D eigenvalue weighted by molar-refractivity contribution is 9.10. The van der Waals surface area contributed by atoms with Crippen molar-refractivity contribution < 1.29 is 18.9 Å². The largest absolute Gasteiger partial charge is 0.454 e. The van der Waals surface area contributed by atoms with Crippen LogP contribution in [-0.2, 0) is 12.8 Å². The summed E-state index contributed by atoms with van der Waals surface area (Å²) in [6.07, 6.45) is 1.65. The lowest BCUT2D eigenvalue weighted by Crippen LogP contribution is -2.15. The molecule has 6 heteroatoms. The van der Waals surface area contributed by atoms with Crippen LogP contribution in [0.25, 0.3) is 0 Å². The quantitative estimate of drug-likeness (QED) is 0.791. The predicted octanol–water partition coefficient (Wildman–Crippen LogP) is 3.49. The van der Waals surface area contributed by atoms with Crippen LogP contribution in [0.2, 0.25) is 0 Å². The molecule has 5 rings (SSSR count). The second-order valence-corrected chi connectivity index (χ2v) is 6.77. The first-order valence-corrected chi connectivity index (χ1v) is 8.61. The monoisotopic (exact) mass is 387 g/mol. The smallest absolute Gasteiger partial charge is 0.231 e. The lowest BCUT2D eigenvalue weighted by Gasteiger charge is -2.18. The van der Waals surface area contributed by atoms with Crippen LogP contribution in [0.4, 0.5) is 0 Å². The van der Waals surface area contributed by atoms with Gasteiger partial charge in [0.1, 0.15) is 0 Å². The maximum absolute atomic E-state index is 5.52. The van der Waals surface area contributed by atoms with E-state index < -0.39 is 0 Å². The van der Waals surface area contributed by atoms with E-state index in [1.54, 1.807) is 0 Å². The van der Waals surface area contributed by atoms with Crippen molar-refractivity contribution in [3.8, 4) is 23.0 Å². The summed E-state index contributed by atoms with van der Waals surface area (Å²) in [7, 11) is 0. The maximum Gasteiger partial charge on any atom is 0.231 e. The van der Waals surface area contributed by atoms with Crippen LogP contribution >= 0.6 is 15.9 Å². The number of halogens is 1. The Morgan fingerprint density at radius 2 is 1.54 bits per heavy atom. The Morgan fingerprint density at radius 1 is 0.875 bits per heavy atom. The molecule has 24 heavy (non-hydrogen) atoms. The summed E-state index contributed by atoms with van der Waals surface area (Å²) in [6, 6.07) is 8.12. The van der Waals surface area contributed by atoms with Crippen molar-refractivity contribution >= 4 is 21.6 Å². The molecule has 5 nitrogen and oxygen atoms in total. The number of hydrogen-bond acceptors (Lipinski definition) is 5. The molecule has 0 aromatic heterocycles. The average Bonchev–Trinajstić information content (AvgIpc) is 3.21. The standard InChI is InChI=1S/C18H14BrNO4/c19-13-7-18-16(22-9-24-18)5-11(13)3-14-12-6-17-15(21-8-23-17)4-10(12)1-2-20-14/h4-7H,1-3,8-9H2. The molecule has 0 spiro atoms. The summed E-state index contributed by atoms with van der Waals surface area (Å²) in [4.78, 5) is 4.75. The fourth-order valence-corrected chi connectivity index (χ4v) is 3.74. The zero-order valence-corrected chi connectivity index (χ0v) is 14.4. The number of aliphatic imine (C=N–C) groups is 1. The molecule has 0 saturated heterocycles. The highest BCUT2D eigenvalue weighted by Crippen LogP contribution is 2.39. The predicted molar refractivity (Wildman–Crippen MR) is 91.6 cm³/mol. The molecule has 2 aromatic rings. The summed E-state index contributed by atoms with van der Waals surface area (Å²) in [6.45, 7) is 1.36. The van der Waals surface area contributed by atoms with E-state index in [-0.39, 0.29) is 6.79 Å². The van der Waals surface area contributed by atoms with Gasteiger partial charge >= 0.3 is 0 Å². The van der Waals surface area contributed by atoms with E-state index in [9.17, 15) is 0 Å². The van der Waals surface area contributed by atoms with Crippen molar-refractivity contribution in [2.75, 3.05) is 20.1 Å². The van der Waals surface area contributed by atoms with Gasteiger partial charge in [0.15, 0.2) is 23.0 Å². The Bertz CT molecular complexity index is 878. The molecule has 3 heterocycles. The average molecular weight is 388 g/mol. The number of ether oxygens (including phenoxy) is 4. The van der Waals surface area contributed by atoms with Gasteiger partial charge in [-0.15, -0.1) is 0 Å². The van der Waals surface area contributed by atoms with E-state index in [2.05, 4.69) is 28.1 Å². The Labute approximate surface area is 147 Å². The zero-order chi connectivity index (χ0) is 16.1. The van der Waals surface area contributed by atoms with Crippen molar-refractivity contribution in [3.63, 3.8) is 0 Å². The molecule has 3 aliphatic rings. The van der Waals surface area contributed by atoms with Crippen molar-refractivity contribution in [3.05, 3.63) is 45.4 Å². The topological polar surface area (TPSA) is 49.3 Å². The molecule has 0 unspecified atom stereocenters. The van der Waals surface area contributed by atoms with Gasteiger partial charge in [0.25, 0.3) is 0 Å². The number of nitrogens with zero attached hydrogens (tertiary/aromatic N) is 1. The van der Waals surface area contributed by atoms with Gasteiger partial charge in [-0.05, 0) is 41.8 Å². The van der Waals surface area contributed by atoms with E-state index in [0.717, 1.165) is 63.7 Å². The molecular weight excluding hydrogens is 374 g/mol. The van der Waals surface area contributed by atoms with Gasteiger partial charge in [-0.25, -0.2) is 0 Å². The molecule has 0 saturated carbocycles. The van der Waals surface area contributed by atoms with E-state index in [1.165, 1.54) is 5.56 Å². The summed E-state index contributed by atoms with van der Waals surface area (Å²) in [5.41, 5.74) is 4.61. The molecule has 2 aromatic carbocycles. The third-order valence-corrected chi connectivity index (χ3v) is 5.23. The van der Waals surface area contributed by atoms with E-state index >= 15 is 0 Å². The Hall–Kier alpha value is -2.21. The SMILES string of the molecule is Brc1cc2c(cc1CC1=NCCc3cc4c(cc31)OCO4)OCO2. The summed E-state index contributed by atoms with van der Waals surface area (Å²) >= 11 is 3.63. The van der Waals surface area contributed by atoms with Crippen LogP contribution in [0.1, 0.15) is 16.7 Å². The fraction of sp³-hybridized carbons (Fsp3) is 0.278. The first kappa shape index (κ1) is 14.2. The lowest BCUT2D eigenvalue weighted by molar-refractivity contribution is 0.173. The van der Waals surface area contributed by atoms with Crippen molar-refractivity contribution in [1.82, 2.24) is 0 Å². The summed E-state index contributed by atoms with van der Waals surface area (Å²) < 4.78 is 22.9. The van der Waals surface area contributed by atoms with Crippen LogP contribution in [0.3, 0.4) is 0 Å². The number of rotatable bonds is 2. The second kappa shape index (κ2) is 5.41. The molecule has 122 valence electrons. The van der Waals surface area contributed by atoms with Crippen molar-refractivity contribution in [2.45, 2.75) is 12.8 Å². The Balaban J connectivity index is 1.52. The minimum atomic E-state index is 0.276. The third-order valence-electron chi connectivity index (χ3n) is 4.49. The number of benzene rings is 2. The minimum Gasteiger partial charge on any atom is -0.454 e. The van der Waals surface area contributed by atoms with Crippen LogP contribution in [0.15, 0.2) is 33.7 Å². The number of hydrogen-bond donors (Lipinski definition) is 0. The Kier molecular flexibility index (Phi) is 3.19. The van der Waals surface area contributed by atoms with E-state index in [4.69, 9.17) is 23.9 Å². The molecule has 0 fully saturated rings. The van der Waals surface area contributed by atoms with Gasteiger partial charge in [0.2, 0.25) is 13.6 Å². The first-order valence-electron chi connectivity index (χ1n) is 7.82. The zero-order valence-electron chi connectivity index (χ0n) is 12.8. The van der Waals surface area contributed by atoms with Crippen molar-refractivity contribution in [1.29, 1.82) is 0 Å². The normalized spacial score (nSPS) is 16.8. The summed E-state index contributed by atoms with van der Waals surface area (Å²) in [5, 5.41) is 0. The van der Waals surface area contributed by atoms with Gasteiger partial charge < -0.3 is 18.9 Å². The van der Waals surface area contributed by atoms with E-state index in [0.29, 0.717) is 6.79 Å². The van der Waals surface area contributed by atoms with Gasteiger partial charge in [-0.2, -0.15) is 0 Å². The second-order valence-electron chi connectivity index (χ2n) is 5.91. The lowest BCUT2D eigenvalue weighted by atomic mass is 9.93. The van der Waals surface area contributed by atoms with Gasteiger partial charge in [0, 0.05) is 28.7 Å². The molecule has 0 aliphatic carbocycles. The van der Waals surface area contributed by atoms with Gasteiger partial charge in [-0.3, -0.25) is 4.99 Å². The highest BCUT2D eigenvalue weighted by Gasteiger charge is 2.23. The molecular formula is C18H14BrNO4. The molecule has 0 radical (unpaired) electrons. The van der Waals surface area contributed by atoms with Gasteiger partial charge in [-0.1, -0.05) is 15.9 Å². The van der Waals surface area contributed by atoms with Crippen molar-refractivity contribution in [2.24, 2.45) is 4.99 Å². The summed E-state index contributed by atoms with van der Waals surface area (Å²) in [5.74, 6) is 3.20. The molecule has 3 aliphatic heterocycles. The molecule has 0 amide bonds. The first-order chi connectivity index (χ1) is 11.8. The van der Waals surface area contributed by atoms with Crippen LogP contribution in [-0.4, -0.2) is 25.8 Å². The maximum atomic E-state index is 5.52. The minimum absolute atomic E-state index is 0.276. The van der Waals surface area contributed by atoms with Gasteiger partial charge in [0.05, 0.1) is 0 Å².